The molecule has 0 aliphatic heterocycles. The Balaban J connectivity index is 2.47. The van der Waals surface area contributed by atoms with Gasteiger partial charge < -0.3 is 19.3 Å². The highest BCUT2D eigenvalue weighted by Gasteiger charge is 2.27. The number of halogens is 3. The number of para-hydroxylation sites is 1. The first kappa shape index (κ1) is 17.7. The Morgan fingerprint density at radius 1 is 1.14 bits per heavy atom. The van der Waals surface area contributed by atoms with Crippen molar-refractivity contribution in [1.82, 2.24) is 0 Å². The number of hydrogen-bond donors (Lipinski definition) is 1. The number of benzene rings is 1. The molecule has 1 aromatic rings. The van der Waals surface area contributed by atoms with Crippen LogP contribution in [0.4, 0.5) is 13.2 Å². The topological polar surface area (TPSA) is 47.9 Å². The Bertz CT molecular complexity index is 409. The Kier molecular flexibility index (Phi) is 7.49. The van der Waals surface area contributed by atoms with Crippen LogP contribution in [0.3, 0.4) is 0 Å². The van der Waals surface area contributed by atoms with E-state index < -0.39 is 18.9 Å². The van der Waals surface area contributed by atoms with Crippen LogP contribution < -0.4 is 4.74 Å². The van der Waals surface area contributed by atoms with Crippen LogP contribution >= 0.6 is 0 Å². The molecule has 4 nitrogen and oxygen atoms in total. The lowest BCUT2D eigenvalue weighted by Gasteiger charge is -2.16. The van der Waals surface area contributed by atoms with Gasteiger partial charge in [0, 0.05) is 25.7 Å². The number of aliphatic hydroxyl groups is 1. The third-order valence-electron chi connectivity index (χ3n) is 2.62. The molecule has 0 fully saturated rings. The summed E-state index contributed by atoms with van der Waals surface area (Å²) in [5, 5.41) is 10.0. The average Bonchev–Trinajstić information content (AvgIpc) is 2.43. The van der Waals surface area contributed by atoms with Crippen LogP contribution in [0.25, 0.3) is 0 Å². The second-order valence-electron chi connectivity index (χ2n) is 4.35. The molecule has 0 bridgehead atoms. The second-order valence-corrected chi connectivity index (χ2v) is 4.35. The van der Waals surface area contributed by atoms with E-state index in [4.69, 9.17) is 9.47 Å². The van der Waals surface area contributed by atoms with Gasteiger partial charge in [0.1, 0.15) is 19.0 Å². The van der Waals surface area contributed by atoms with Crippen LogP contribution in [0, 0.1) is 0 Å². The van der Waals surface area contributed by atoms with Crippen molar-refractivity contribution in [2.45, 2.75) is 18.7 Å². The molecule has 0 aliphatic rings. The Labute approximate surface area is 121 Å². The number of ether oxygens (including phenoxy) is 3. The molecular weight excluding hydrogens is 289 g/mol. The summed E-state index contributed by atoms with van der Waals surface area (Å²) in [7, 11) is 1.54. The first-order valence-electron chi connectivity index (χ1n) is 6.47. The van der Waals surface area contributed by atoms with Crippen molar-refractivity contribution in [3.8, 4) is 5.75 Å². The summed E-state index contributed by atoms with van der Waals surface area (Å²) in [6, 6.07) is 6.82. The fourth-order valence-corrected chi connectivity index (χ4v) is 1.66. The molecule has 0 spiro atoms. The highest BCUT2D eigenvalue weighted by molar-refractivity contribution is 5.35. The second kappa shape index (κ2) is 8.86. The molecule has 0 radical (unpaired) electrons. The number of alkyl halides is 3. The Hall–Kier alpha value is -1.31. The molecule has 0 heterocycles. The van der Waals surface area contributed by atoms with E-state index in [-0.39, 0.29) is 13.0 Å². The maximum absolute atomic E-state index is 11.9. The number of rotatable bonds is 9. The lowest BCUT2D eigenvalue weighted by Crippen LogP contribution is -2.18. The minimum atomic E-state index is -4.36. The smallest absolute Gasteiger partial charge is 0.411 e. The highest BCUT2D eigenvalue weighted by Crippen LogP contribution is 2.27. The predicted octanol–water partition coefficient (Wildman–Crippen LogP) is 2.71. The number of aliphatic hydroxyl groups excluding tert-OH is 1. The van der Waals surface area contributed by atoms with Crippen LogP contribution in [0.1, 0.15) is 18.1 Å². The first-order valence-corrected chi connectivity index (χ1v) is 6.47. The average molecular weight is 308 g/mol. The van der Waals surface area contributed by atoms with E-state index in [9.17, 15) is 18.3 Å². The van der Waals surface area contributed by atoms with Crippen molar-refractivity contribution in [3.63, 3.8) is 0 Å². The lowest BCUT2D eigenvalue weighted by atomic mass is 10.1. The van der Waals surface area contributed by atoms with Gasteiger partial charge in [0.15, 0.2) is 0 Å². The zero-order chi connectivity index (χ0) is 15.7. The molecule has 1 N–H and O–H groups in total. The molecule has 7 heteroatoms. The molecule has 21 heavy (non-hydrogen) atoms. The number of methoxy groups -OCH3 is 1. The fraction of sp³-hybridized carbons (Fsp3) is 0.571. The van der Waals surface area contributed by atoms with Crippen LogP contribution in [-0.2, 0) is 9.47 Å². The van der Waals surface area contributed by atoms with Crippen LogP contribution in [0.2, 0.25) is 0 Å². The summed E-state index contributed by atoms with van der Waals surface area (Å²) < 4.78 is 50.6. The molecule has 1 aromatic carbocycles. The predicted molar refractivity (Wildman–Crippen MR) is 70.3 cm³/mol. The van der Waals surface area contributed by atoms with Crippen molar-refractivity contribution < 1.29 is 32.5 Å². The monoisotopic (exact) mass is 308 g/mol. The lowest BCUT2D eigenvalue weighted by molar-refractivity contribution is -0.175. The molecule has 0 saturated heterocycles. The highest BCUT2D eigenvalue weighted by atomic mass is 19.4. The summed E-state index contributed by atoms with van der Waals surface area (Å²) in [5.41, 5.74) is 0.518. The third-order valence-corrected chi connectivity index (χ3v) is 2.62. The van der Waals surface area contributed by atoms with E-state index in [2.05, 4.69) is 4.74 Å². The van der Waals surface area contributed by atoms with E-state index in [1.165, 1.54) is 0 Å². The zero-order valence-electron chi connectivity index (χ0n) is 11.7. The molecule has 0 aromatic heterocycles. The van der Waals surface area contributed by atoms with E-state index in [0.717, 1.165) is 0 Å². The standard InChI is InChI=1S/C14H19F3O4/c1-19-8-9-21-13-5-3-2-4-11(13)12(18)6-7-20-10-14(15,16)17/h2-5,12,18H,6-10H2,1H3. The van der Waals surface area contributed by atoms with Gasteiger partial charge in [-0.1, -0.05) is 18.2 Å². The van der Waals surface area contributed by atoms with Gasteiger partial charge in [-0.15, -0.1) is 0 Å². The van der Waals surface area contributed by atoms with Gasteiger partial charge in [0.2, 0.25) is 0 Å². The van der Waals surface area contributed by atoms with Gasteiger partial charge in [0.25, 0.3) is 0 Å². The van der Waals surface area contributed by atoms with Gasteiger partial charge in [-0.2, -0.15) is 13.2 Å². The van der Waals surface area contributed by atoms with Gasteiger partial charge >= 0.3 is 6.18 Å². The molecule has 0 aliphatic carbocycles. The van der Waals surface area contributed by atoms with E-state index in [0.29, 0.717) is 24.5 Å². The molecule has 120 valence electrons. The summed E-state index contributed by atoms with van der Waals surface area (Å²) in [5.74, 6) is 0.484. The normalized spacial score (nSPS) is 13.2. The van der Waals surface area contributed by atoms with Crippen molar-refractivity contribution in [2.75, 3.05) is 33.5 Å². The van der Waals surface area contributed by atoms with Gasteiger partial charge in [-0.05, 0) is 6.07 Å². The Morgan fingerprint density at radius 3 is 2.52 bits per heavy atom. The van der Waals surface area contributed by atoms with Crippen LogP contribution in [-0.4, -0.2) is 44.8 Å². The largest absolute Gasteiger partial charge is 0.491 e. The fourth-order valence-electron chi connectivity index (χ4n) is 1.66. The van der Waals surface area contributed by atoms with Crippen molar-refractivity contribution >= 4 is 0 Å². The van der Waals surface area contributed by atoms with E-state index in [1.54, 1.807) is 31.4 Å². The maximum Gasteiger partial charge on any atom is 0.411 e. The SMILES string of the molecule is COCCOc1ccccc1C(O)CCOCC(F)(F)F. The molecule has 1 unspecified atom stereocenters. The van der Waals surface area contributed by atoms with Crippen molar-refractivity contribution in [2.24, 2.45) is 0 Å². The van der Waals surface area contributed by atoms with E-state index >= 15 is 0 Å². The van der Waals surface area contributed by atoms with Gasteiger partial charge in [-0.3, -0.25) is 0 Å². The summed E-state index contributed by atoms with van der Waals surface area (Å²) in [4.78, 5) is 0. The maximum atomic E-state index is 11.9. The summed E-state index contributed by atoms with van der Waals surface area (Å²) in [6.45, 7) is -0.775. The van der Waals surface area contributed by atoms with E-state index in [1.807, 2.05) is 0 Å². The summed E-state index contributed by atoms with van der Waals surface area (Å²) >= 11 is 0. The van der Waals surface area contributed by atoms with Gasteiger partial charge in [0.05, 0.1) is 12.7 Å². The minimum Gasteiger partial charge on any atom is -0.491 e. The molecule has 1 atom stereocenters. The van der Waals surface area contributed by atoms with Gasteiger partial charge in [-0.25, -0.2) is 0 Å². The molecule has 0 saturated carbocycles. The number of hydrogen-bond acceptors (Lipinski definition) is 4. The van der Waals surface area contributed by atoms with Crippen molar-refractivity contribution in [3.05, 3.63) is 29.8 Å². The third kappa shape index (κ3) is 7.31. The molecular formula is C14H19F3O4. The quantitative estimate of drug-likeness (QED) is 0.713. The van der Waals surface area contributed by atoms with Crippen molar-refractivity contribution in [1.29, 1.82) is 0 Å². The summed E-state index contributed by atoms with van der Waals surface area (Å²) in [6.07, 6.45) is -5.25. The Morgan fingerprint density at radius 2 is 1.86 bits per heavy atom. The molecule has 1 rings (SSSR count). The van der Waals surface area contributed by atoms with Crippen LogP contribution in [0.15, 0.2) is 24.3 Å². The molecule has 0 amide bonds. The first-order chi connectivity index (χ1) is 9.94. The van der Waals surface area contributed by atoms with Crippen LogP contribution in [0.5, 0.6) is 5.75 Å². The zero-order valence-corrected chi connectivity index (χ0v) is 11.7. The minimum absolute atomic E-state index is 0.0563.